The largest absolute Gasteiger partial charge is 0.484 e. The number of nitrogens with one attached hydrogen (secondary N) is 2. The molecule has 1 aromatic heterocycles. The van der Waals surface area contributed by atoms with Crippen molar-refractivity contribution in [1.82, 2.24) is 10.3 Å². The lowest BCUT2D eigenvalue weighted by Crippen LogP contribution is -2.37. The maximum absolute atomic E-state index is 12.0. The van der Waals surface area contributed by atoms with Gasteiger partial charge in [0.1, 0.15) is 11.3 Å². The van der Waals surface area contributed by atoms with Crippen LogP contribution in [0.2, 0.25) is 0 Å². The van der Waals surface area contributed by atoms with Gasteiger partial charge in [-0.1, -0.05) is 24.3 Å². The van der Waals surface area contributed by atoms with Gasteiger partial charge in [-0.3, -0.25) is 10.1 Å². The number of nitrogens with zero attached hydrogens (tertiary/aromatic N) is 1. The van der Waals surface area contributed by atoms with Crippen LogP contribution in [-0.2, 0) is 4.79 Å². The summed E-state index contributed by atoms with van der Waals surface area (Å²) in [5.74, 6) is 0.835. The third-order valence-corrected chi connectivity index (χ3v) is 4.50. The molecule has 0 atom stereocenters. The Labute approximate surface area is 178 Å². The maximum Gasteiger partial charge on any atom is 0.264 e. The van der Waals surface area contributed by atoms with E-state index in [9.17, 15) is 4.79 Å². The van der Waals surface area contributed by atoms with Crippen molar-refractivity contribution in [2.45, 2.75) is 6.92 Å². The number of aryl methyl sites for hydroxylation is 1. The van der Waals surface area contributed by atoms with Gasteiger partial charge >= 0.3 is 0 Å². The van der Waals surface area contributed by atoms with Crippen molar-refractivity contribution in [2.24, 2.45) is 0 Å². The van der Waals surface area contributed by atoms with Gasteiger partial charge in [-0.05, 0) is 73.2 Å². The fourth-order valence-corrected chi connectivity index (χ4v) is 3.07. The summed E-state index contributed by atoms with van der Waals surface area (Å²) in [6.07, 6.45) is 0. The lowest BCUT2D eigenvalue weighted by atomic mass is 10.2. The summed E-state index contributed by atoms with van der Waals surface area (Å²) in [4.78, 5) is 16.5. The number of aromatic nitrogens is 1. The molecule has 0 aliphatic heterocycles. The standard InChI is InChI=1S/C23H19N3O3S/c1-15-7-12-19-20(13-15)29-22(25-19)16-8-10-17(11-9-16)24-23(30)26-21(27)14-28-18-5-3-2-4-6-18/h2-13H,14H2,1H3,(H2,24,26,27,30). The fraction of sp³-hybridized carbons (Fsp3) is 0.0870. The number of oxazole rings is 1. The Morgan fingerprint density at radius 3 is 2.60 bits per heavy atom. The van der Waals surface area contributed by atoms with Crippen LogP contribution in [0.5, 0.6) is 5.75 Å². The van der Waals surface area contributed by atoms with Crippen LogP contribution in [0.1, 0.15) is 5.56 Å². The average Bonchev–Trinajstić information content (AvgIpc) is 3.16. The lowest BCUT2D eigenvalue weighted by Gasteiger charge is -2.10. The summed E-state index contributed by atoms with van der Waals surface area (Å²) in [5, 5.41) is 5.77. The van der Waals surface area contributed by atoms with Crippen LogP contribution in [0.3, 0.4) is 0 Å². The number of carbonyl (C=O) groups excluding carboxylic acids is 1. The van der Waals surface area contributed by atoms with E-state index >= 15 is 0 Å². The summed E-state index contributed by atoms with van der Waals surface area (Å²) in [6, 6.07) is 22.5. The Morgan fingerprint density at radius 1 is 1.07 bits per heavy atom. The molecule has 1 heterocycles. The van der Waals surface area contributed by atoms with Gasteiger partial charge in [0.05, 0.1) is 0 Å². The SMILES string of the molecule is Cc1ccc2nc(-c3ccc(NC(=S)NC(=O)COc4ccccc4)cc3)oc2c1. The van der Waals surface area contributed by atoms with Crippen LogP contribution in [0.15, 0.2) is 77.2 Å². The molecule has 0 bridgehead atoms. The van der Waals surface area contributed by atoms with Crippen molar-refractivity contribution < 1.29 is 13.9 Å². The first-order valence-electron chi connectivity index (χ1n) is 9.33. The number of benzene rings is 3. The molecule has 2 N–H and O–H groups in total. The smallest absolute Gasteiger partial charge is 0.264 e. The first-order chi connectivity index (χ1) is 14.6. The van der Waals surface area contributed by atoms with Crippen molar-refractivity contribution in [3.05, 3.63) is 78.4 Å². The molecule has 30 heavy (non-hydrogen) atoms. The molecule has 6 nitrogen and oxygen atoms in total. The highest BCUT2D eigenvalue weighted by Gasteiger charge is 2.09. The number of thiocarbonyl (C=S) groups is 1. The minimum absolute atomic E-state index is 0.123. The molecule has 0 fully saturated rings. The van der Waals surface area contributed by atoms with Crippen molar-refractivity contribution in [1.29, 1.82) is 0 Å². The zero-order valence-corrected chi connectivity index (χ0v) is 17.0. The van der Waals surface area contributed by atoms with Gasteiger partial charge in [-0.25, -0.2) is 4.98 Å². The zero-order valence-electron chi connectivity index (χ0n) is 16.2. The van der Waals surface area contributed by atoms with Gasteiger partial charge in [0.2, 0.25) is 5.89 Å². The molecule has 4 rings (SSSR count). The van der Waals surface area contributed by atoms with E-state index in [0.717, 1.165) is 27.9 Å². The quantitative estimate of drug-likeness (QED) is 0.459. The molecule has 150 valence electrons. The number of amides is 1. The van der Waals surface area contributed by atoms with E-state index in [1.54, 1.807) is 12.1 Å². The third kappa shape index (κ3) is 4.82. The van der Waals surface area contributed by atoms with Gasteiger partial charge in [0, 0.05) is 11.3 Å². The molecule has 0 radical (unpaired) electrons. The highest BCUT2D eigenvalue weighted by molar-refractivity contribution is 7.80. The number of hydrogen-bond acceptors (Lipinski definition) is 5. The number of anilines is 1. The lowest BCUT2D eigenvalue weighted by molar-refractivity contribution is -0.121. The van der Waals surface area contributed by atoms with E-state index in [-0.39, 0.29) is 17.6 Å². The molecular formula is C23H19N3O3S. The Balaban J connectivity index is 1.33. The van der Waals surface area contributed by atoms with E-state index in [1.807, 2.05) is 67.6 Å². The molecule has 1 amide bonds. The summed E-state index contributed by atoms with van der Waals surface area (Å²) >= 11 is 5.20. The number of fused-ring (bicyclic) bond motifs is 1. The average molecular weight is 417 g/mol. The highest BCUT2D eigenvalue weighted by atomic mass is 32.1. The molecule has 4 aromatic rings. The molecule has 0 saturated carbocycles. The van der Waals surface area contributed by atoms with E-state index in [4.69, 9.17) is 21.4 Å². The highest BCUT2D eigenvalue weighted by Crippen LogP contribution is 2.26. The fourth-order valence-electron chi connectivity index (χ4n) is 2.84. The molecule has 3 aromatic carbocycles. The minimum Gasteiger partial charge on any atom is -0.484 e. The summed E-state index contributed by atoms with van der Waals surface area (Å²) in [7, 11) is 0. The topological polar surface area (TPSA) is 76.4 Å². The van der Waals surface area contributed by atoms with Crippen molar-refractivity contribution >= 4 is 40.0 Å². The normalized spacial score (nSPS) is 10.6. The van der Waals surface area contributed by atoms with Gasteiger partial charge in [-0.2, -0.15) is 0 Å². The van der Waals surface area contributed by atoms with Crippen LogP contribution >= 0.6 is 12.2 Å². The van der Waals surface area contributed by atoms with E-state index in [0.29, 0.717) is 11.6 Å². The van der Waals surface area contributed by atoms with Crippen LogP contribution in [0, 0.1) is 6.92 Å². The van der Waals surface area contributed by atoms with Gasteiger partial charge in [-0.15, -0.1) is 0 Å². The molecule has 0 spiro atoms. The molecule has 7 heteroatoms. The minimum atomic E-state index is -0.338. The summed E-state index contributed by atoms with van der Waals surface area (Å²) < 4.78 is 11.2. The van der Waals surface area contributed by atoms with Crippen molar-refractivity contribution in [3.8, 4) is 17.2 Å². The van der Waals surface area contributed by atoms with Crippen LogP contribution in [0.4, 0.5) is 5.69 Å². The Hall–Kier alpha value is -3.71. The Bertz CT molecular complexity index is 1190. The van der Waals surface area contributed by atoms with Gasteiger partial charge in [0.15, 0.2) is 17.3 Å². The van der Waals surface area contributed by atoms with E-state index in [2.05, 4.69) is 15.6 Å². The molecule has 0 unspecified atom stereocenters. The zero-order chi connectivity index (χ0) is 20.9. The predicted molar refractivity (Wildman–Crippen MR) is 120 cm³/mol. The number of rotatable bonds is 5. The van der Waals surface area contributed by atoms with Crippen LogP contribution in [0.25, 0.3) is 22.6 Å². The van der Waals surface area contributed by atoms with Gasteiger partial charge < -0.3 is 14.5 Å². The Morgan fingerprint density at radius 2 is 1.83 bits per heavy atom. The first-order valence-corrected chi connectivity index (χ1v) is 9.74. The second kappa shape index (κ2) is 8.75. The van der Waals surface area contributed by atoms with Crippen molar-refractivity contribution in [2.75, 3.05) is 11.9 Å². The van der Waals surface area contributed by atoms with E-state index in [1.165, 1.54) is 0 Å². The van der Waals surface area contributed by atoms with Crippen molar-refractivity contribution in [3.63, 3.8) is 0 Å². The third-order valence-electron chi connectivity index (χ3n) is 4.30. The first kappa shape index (κ1) is 19.6. The summed E-state index contributed by atoms with van der Waals surface area (Å²) in [5.41, 5.74) is 4.28. The number of ether oxygens (including phenoxy) is 1. The number of para-hydroxylation sites is 1. The van der Waals surface area contributed by atoms with Crippen LogP contribution < -0.4 is 15.4 Å². The molecule has 0 aliphatic carbocycles. The maximum atomic E-state index is 12.0. The van der Waals surface area contributed by atoms with E-state index < -0.39 is 0 Å². The second-order valence-electron chi connectivity index (χ2n) is 6.67. The Kier molecular flexibility index (Phi) is 5.72. The van der Waals surface area contributed by atoms with Gasteiger partial charge in [0.25, 0.3) is 5.91 Å². The predicted octanol–water partition coefficient (Wildman–Crippen LogP) is 4.70. The molecular weight excluding hydrogens is 398 g/mol. The summed E-state index contributed by atoms with van der Waals surface area (Å²) in [6.45, 7) is 1.89. The molecule has 0 saturated heterocycles. The molecule has 0 aliphatic rings. The van der Waals surface area contributed by atoms with Crippen LogP contribution in [-0.4, -0.2) is 22.6 Å². The monoisotopic (exact) mass is 417 g/mol. The number of hydrogen-bond donors (Lipinski definition) is 2. The number of carbonyl (C=O) groups is 1. The second-order valence-corrected chi connectivity index (χ2v) is 7.08.